The zero-order chi connectivity index (χ0) is 18.4. The molecule has 0 spiro atoms. The van der Waals surface area contributed by atoms with E-state index in [0.29, 0.717) is 16.7 Å². The van der Waals surface area contributed by atoms with E-state index in [1.807, 2.05) is 12.1 Å². The highest BCUT2D eigenvalue weighted by Crippen LogP contribution is 2.43. The number of phenolic OH excluding ortho intramolecular Hbond substituents is 2. The number of benzene rings is 2. The minimum atomic E-state index is -0.139. The third-order valence-corrected chi connectivity index (χ3v) is 4.99. The lowest BCUT2D eigenvalue weighted by Crippen LogP contribution is -2.17. The Morgan fingerprint density at radius 3 is 2.16 bits per heavy atom. The monoisotopic (exact) mass is 342 g/mol. The second kappa shape index (κ2) is 8.39. The van der Waals surface area contributed by atoms with E-state index in [1.54, 1.807) is 24.3 Å². The lowest BCUT2D eigenvalue weighted by molar-refractivity contribution is 0.282. The molecule has 0 aromatic heterocycles. The van der Waals surface area contributed by atoms with E-state index >= 15 is 0 Å². The van der Waals surface area contributed by atoms with E-state index in [4.69, 9.17) is 0 Å². The largest absolute Gasteiger partial charge is 0.507 e. The summed E-state index contributed by atoms with van der Waals surface area (Å²) in [6, 6.07) is 10.8. The Hall–Kier alpha value is -2.00. The molecule has 136 valence electrons. The maximum atomic E-state index is 10.6. The zero-order valence-corrected chi connectivity index (χ0v) is 15.5. The van der Waals surface area contributed by atoms with Gasteiger partial charge in [0.1, 0.15) is 11.5 Å². The fourth-order valence-electron chi connectivity index (χ4n) is 3.32. The summed E-state index contributed by atoms with van der Waals surface area (Å²) in [5, 5.41) is 30.7. The van der Waals surface area contributed by atoms with Crippen molar-refractivity contribution < 1.29 is 15.3 Å². The Labute approximate surface area is 151 Å². The fraction of sp³-hybridized carbons (Fsp3) is 0.455. The molecule has 0 unspecified atom stereocenters. The number of aliphatic hydroxyl groups is 1. The number of phenols is 2. The van der Waals surface area contributed by atoms with Crippen LogP contribution in [0, 0.1) is 0 Å². The van der Waals surface area contributed by atoms with Crippen molar-refractivity contribution in [3.05, 3.63) is 47.5 Å². The van der Waals surface area contributed by atoms with Gasteiger partial charge in [-0.3, -0.25) is 0 Å². The van der Waals surface area contributed by atoms with Crippen LogP contribution >= 0.6 is 0 Å². The van der Waals surface area contributed by atoms with Crippen LogP contribution in [-0.2, 0) is 12.0 Å². The van der Waals surface area contributed by atoms with Gasteiger partial charge in [0, 0.05) is 0 Å². The van der Waals surface area contributed by atoms with Gasteiger partial charge in [-0.05, 0) is 40.7 Å². The first-order valence-electron chi connectivity index (χ1n) is 9.16. The Morgan fingerprint density at radius 1 is 0.920 bits per heavy atom. The Balaban J connectivity index is 2.34. The average molecular weight is 342 g/mol. The van der Waals surface area contributed by atoms with Crippen molar-refractivity contribution >= 4 is 0 Å². The summed E-state index contributed by atoms with van der Waals surface area (Å²) in [6.07, 6.45) is 5.81. The normalized spacial score (nSPS) is 11.7. The predicted octanol–water partition coefficient (Wildman–Crippen LogP) is 5.51. The molecular weight excluding hydrogens is 312 g/mol. The predicted molar refractivity (Wildman–Crippen MR) is 103 cm³/mol. The van der Waals surface area contributed by atoms with E-state index in [9.17, 15) is 15.3 Å². The van der Waals surface area contributed by atoms with Crippen LogP contribution in [0.2, 0.25) is 0 Å². The fourth-order valence-corrected chi connectivity index (χ4v) is 3.32. The number of aromatic hydroxyl groups is 2. The summed E-state index contributed by atoms with van der Waals surface area (Å²) >= 11 is 0. The number of hydrogen-bond donors (Lipinski definition) is 3. The molecule has 2 aromatic rings. The van der Waals surface area contributed by atoms with Crippen LogP contribution in [0.1, 0.15) is 64.0 Å². The molecule has 3 heteroatoms. The van der Waals surface area contributed by atoms with Crippen LogP contribution in [0.25, 0.3) is 11.1 Å². The van der Waals surface area contributed by atoms with E-state index in [-0.39, 0.29) is 23.5 Å². The summed E-state index contributed by atoms with van der Waals surface area (Å²) in [5.74, 6) is 0.107. The molecule has 0 atom stereocenters. The van der Waals surface area contributed by atoms with Crippen molar-refractivity contribution in [1.29, 1.82) is 0 Å². The second-order valence-corrected chi connectivity index (χ2v) is 7.40. The second-order valence-electron chi connectivity index (χ2n) is 7.40. The first-order chi connectivity index (χ1) is 11.9. The highest BCUT2D eigenvalue weighted by molar-refractivity contribution is 5.79. The number of aliphatic hydroxyl groups excluding tert-OH is 1. The van der Waals surface area contributed by atoms with Gasteiger partial charge in [0.05, 0.1) is 12.2 Å². The van der Waals surface area contributed by atoms with Gasteiger partial charge >= 0.3 is 0 Å². The van der Waals surface area contributed by atoms with Gasteiger partial charge in [-0.2, -0.15) is 0 Å². The summed E-state index contributed by atoms with van der Waals surface area (Å²) in [5.41, 5.74) is 2.55. The highest BCUT2D eigenvalue weighted by Gasteiger charge is 2.24. The Kier molecular flexibility index (Phi) is 6.49. The van der Waals surface area contributed by atoms with Crippen LogP contribution in [-0.4, -0.2) is 15.3 Å². The molecule has 25 heavy (non-hydrogen) atoms. The minimum absolute atomic E-state index is 0.0533. The van der Waals surface area contributed by atoms with Crippen LogP contribution in [0.4, 0.5) is 0 Å². The molecule has 0 bridgehead atoms. The molecule has 0 fully saturated rings. The smallest absolute Gasteiger partial charge is 0.127 e. The third-order valence-electron chi connectivity index (χ3n) is 4.99. The van der Waals surface area contributed by atoms with Gasteiger partial charge in [0.2, 0.25) is 0 Å². The average Bonchev–Trinajstić information content (AvgIpc) is 2.58. The maximum Gasteiger partial charge on any atom is 0.127 e. The highest BCUT2D eigenvalue weighted by atomic mass is 16.3. The van der Waals surface area contributed by atoms with E-state index in [2.05, 4.69) is 20.8 Å². The van der Waals surface area contributed by atoms with E-state index in [0.717, 1.165) is 18.4 Å². The van der Waals surface area contributed by atoms with Crippen molar-refractivity contribution in [2.75, 3.05) is 0 Å². The molecule has 0 heterocycles. The molecule has 0 saturated heterocycles. The van der Waals surface area contributed by atoms with Crippen molar-refractivity contribution in [3.8, 4) is 22.6 Å². The van der Waals surface area contributed by atoms with Gasteiger partial charge in [-0.25, -0.2) is 0 Å². The van der Waals surface area contributed by atoms with Crippen LogP contribution in [0.15, 0.2) is 36.4 Å². The number of rotatable bonds is 8. The van der Waals surface area contributed by atoms with Gasteiger partial charge in [-0.15, -0.1) is 0 Å². The molecule has 2 rings (SSSR count). The maximum absolute atomic E-state index is 10.6. The molecule has 0 amide bonds. The summed E-state index contributed by atoms with van der Waals surface area (Å²) in [4.78, 5) is 0. The number of unbranched alkanes of at least 4 members (excludes halogenated alkanes) is 3. The van der Waals surface area contributed by atoms with Crippen molar-refractivity contribution in [2.45, 2.75) is 64.9 Å². The third kappa shape index (κ3) is 4.55. The van der Waals surface area contributed by atoms with Crippen LogP contribution in [0.5, 0.6) is 11.5 Å². The molecule has 0 aliphatic rings. The van der Waals surface area contributed by atoms with Gasteiger partial charge < -0.3 is 15.3 Å². The lowest BCUT2D eigenvalue weighted by atomic mass is 9.79. The van der Waals surface area contributed by atoms with E-state index in [1.165, 1.54) is 19.3 Å². The van der Waals surface area contributed by atoms with Crippen molar-refractivity contribution in [3.63, 3.8) is 0 Å². The Bertz CT molecular complexity index is 681. The first-order valence-corrected chi connectivity index (χ1v) is 9.16. The van der Waals surface area contributed by atoms with Crippen molar-refractivity contribution in [1.82, 2.24) is 0 Å². The molecule has 3 N–H and O–H groups in total. The standard InChI is InChI=1S/C22H30O3/c1-4-5-6-9-12-22(2,3)17-13-19(24)21(20(25)14-17)18-11-8-7-10-16(18)15-23/h7-8,10-11,13-14,23-25H,4-6,9,12,15H2,1-3H3. The van der Waals surface area contributed by atoms with E-state index < -0.39 is 0 Å². The summed E-state index contributed by atoms with van der Waals surface area (Å²) in [6.45, 7) is 6.35. The quantitative estimate of drug-likeness (QED) is 0.555. The van der Waals surface area contributed by atoms with Gasteiger partial charge in [-0.1, -0.05) is 70.7 Å². The van der Waals surface area contributed by atoms with Gasteiger partial charge in [0.15, 0.2) is 0 Å². The molecule has 0 aliphatic heterocycles. The van der Waals surface area contributed by atoms with Crippen molar-refractivity contribution in [2.24, 2.45) is 0 Å². The zero-order valence-electron chi connectivity index (χ0n) is 15.5. The minimum Gasteiger partial charge on any atom is -0.507 e. The summed E-state index contributed by atoms with van der Waals surface area (Å²) in [7, 11) is 0. The molecule has 2 aromatic carbocycles. The molecule has 0 saturated carbocycles. The molecular formula is C22H30O3. The molecule has 0 radical (unpaired) electrons. The topological polar surface area (TPSA) is 60.7 Å². The molecule has 3 nitrogen and oxygen atoms in total. The Morgan fingerprint density at radius 2 is 1.56 bits per heavy atom. The lowest BCUT2D eigenvalue weighted by Gasteiger charge is -2.26. The molecule has 0 aliphatic carbocycles. The SMILES string of the molecule is CCCCCCC(C)(C)c1cc(O)c(-c2ccccc2CO)c(O)c1. The van der Waals surface area contributed by atoms with Gasteiger partial charge in [0.25, 0.3) is 0 Å². The van der Waals surface area contributed by atoms with Crippen LogP contribution < -0.4 is 0 Å². The summed E-state index contributed by atoms with van der Waals surface area (Å²) < 4.78 is 0. The first kappa shape index (κ1) is 19.3. The number of hydrogen-bond acceptors (Lipinski definition) is 3. The van der Waals surface area contributed by atoms with Crippen LogP contribution in [0.3, 0.4) is 0 Å².